The summed E-state index contributed by atoms with van der Waals surface area (Å²) in [5, 5.41) is 6.87. The minimum absolute atomic E-state index is 0. The summed E-state index contributed by atoms with van der Waals surface area (Å²) in [5.74, 6) is 0.795. The Bertz CT molecular complexity index is 531. The summed E-state index contributed by atoms with van der Waals surface area (Å²) in [7, 11) is 3.57. The predicted molar refractivity (Wildman–Crippen MR) is 109 cm³/mol. The first-order valence-corrected chi connectivity index (χ1v) is 8.26. The van der Waals surface area contributed by atoms with Crippen LogP contribution in [0, 0.1) is 6.92 Å². The Morgan fingerprint density at radius 2 is 2.00 bits per heavy atom. The lowest BCUT2D eigenvalue weighted by molar-refractivity contribution is -0.0855. The van der Waals surface area contributed by atoms with Crippen LogP contribution in [0.4, 0.5) is 0 Å². The van der Waals surface area contributed by atoms with E-state index in [1.54, 1.807) is 14.2 Å². The molecule has 136 valence electrons. The normalized spacial score (nSPS) is 18.4. The van der Waals surface area contributed by atoms with E-state index in [-0.39, 0.29) is 35.6 Å². The number of hydrogen-bond acceptors (Lipinski definition) is 3. The first kappa shape index (κ1) is 21.2. The number of nitrogens with zero attached hydrogens (tertiary/aromatic N) is 1. The average molecular weight is 447 g/mol. The van der Waals surface area contributed by atoms with Gasteiger partial charge in [0.2, 0.25) is 0 Å². The van der Waals surface area contributed by atoms with Gasteiger partial charge in [-0.3, -0.25) is 4.99 Å². The molecular formula is C18H30IN3O2. The standard InChI is InChI=1S/C18H29N3O2.HI/c1-14-7-5-6-8-16(14)15(2)21-17(19-3)20-13-18(22-4)9-11-23-12-10-18;/h5-8,15H,9-13H2,1-4H3,(H2,19,20,21);1H. The molecule has 0 spiro atoms. The van der Waals surface area contributed by atoms with Gasteiger partial charge < -0.3 is 20.1 Å². The fourth-order valence-electron chi connectivity index (χ4n) is 2.99. The van der Waals surface area contributed by atoms with Gasteiger partial charge in [0.1, 0.15) is 0 Å². The van der Waals surface area contributed by atoms with E-state index in [4.69, 9.17) is 9.47 Å². The first-order chi connectivity index (χ1) is 11.1. The Morgan fingerprint density at radius 1 is 1.33 bits per heavy atom. The van der Waals surface area contributed by atoms with Crippen molar-refractivity contribution in [1.82, 2.24) is 10.6 Å². The number of nitrogens with one attached hydrogen (secondary N) is 2. The first-order valence-electron chi connectivity index (χ1n) is 8.26. The van der Waals surface area contributed by atoms with Crippen molar-refractivity contribution in [2.24, 2.45) is 4.99 Å². The molecular weight excluding hydrogens is 417 g/mol. The zero-order valence-electron chi connectivity index (χ0n) is 15.1. The van der Waals surface area contributed by atoms with E-state index in [0.29, 0.717) is 0 Å². The van der Waals surface area contributed by atoms with Gasteiger partial charge in [0.05, 0.1) is 11.6 Å². The van der Waals surface area contributed by atoms with Crippen LogP contribution in [0.1, 0.15) is 36.9 Å². The third-order valence-corrected chi connectivity index (χ3v) is 4.65. The van der Waals surface area contributed by atoms with Crippen LogP contribution in [-0.4, -0.2) is 45.5 Å². The zero-order valence-corrected chi connectivity index (χ0v) is 17.4. The Hall–Kier alpha value is -0.860. The van der Waals surface area contributed by atoms with Gasteiger partial charge in [0.15, 0.2) is 5.96 Å². The number of halogens is 1. The van der Waals surface area contributed by atoms with E-state index in [1.807, 2.05) is 0 Å². The summed E-state index contributed by atoms with van der Waals surface area (Å²) in [6.07, 6.45) is 1.81. The number of aryl methyl sites for hydroxylation is 1. The molecule has 24 heavy (non-hydrogen) atoms. The van der Waals surface area contributed by atoms with Crippen molar-refractivity contribution in [3.63, 3.8) is 0 Å². The van der Waals surface area contributed by atoms with Crippen LogP contribution in [0.5, 0.6) is 0 Å². The Kier molecular flexibility index (Phi) is 9.01. The van der Waals surface area contributed by atoms with Gasteiger partial charge >= 0.3 is 0 Å². The maximum Gasteiger partial charge on any atom is 0.191 e. The summed E-state index contributed by atoms with van der Waals surface area (Å²) in [6, 6.07) is 8.60. The quantitative estimate of drug-likeness (QED) is 0.414. The molecule has 0 amide bonds. The minimum Gasteiger partial charge on any atom is -0.381 e. The Labute approximate surface area is 162 Å². The number of hydrogen-bond donors (Lipinski definition) is 2. The lowest BCUT2D eigenvalue weighted by Crippen LogP contribution is -2.51. The fraction of sp³-hybridized carbons (Fsp3) is 0.611. The largest absolute Gasteiger partial charge is 0.381 e. The van der Waals surface area contributed by atoms with E-state index >= 15 is 0 Å². The molecule has 0 bridgehead atoms. The lowest BCUT2D eigenvalue weighted by Gasteiger charge is -2.36. The topological polar surface area (TPSA) is 54.9 Å². The second kappa shape index (κ2) is 10.2. The highest BCUT2D eigenvalue weighted by molar-refractivity contribution is 14.0. The molecule has 0 radical (unpaired) electrons. The zero-order chi connectivity index (χ0) is 16.7. The van der Waals surface area contributed by atoms with Crippen molar-refractivity contribution >= 4 is 29.9 Å². The molecule has 1 unspecified atom stereocenters. The fourth-order valence-corrected chi connectivity index (χ4v) is 2.99. The van der Waals surface area contributed by atoms with Crippen LogP contribution in [0.15, 0.2) is 29.3 Å². The highest BCUT2D eigenvalue weighted by Gasteiger charge is 2.32. The molecule has 1 saturated heterocycles. The van der Waals surface area contributed by atoms with Crippen molar-refractivity contribution in [3.8, 4) is 0 Å². The molecule has 2 N–H and O–H groups in total. The van der Waals surface area contributed by atoms with Crippen LogP contribution in [0.25, 0.3) is 0 Å². The summed E-state index contributed by atoms with van der Waals surface area (Å²) < 4.78 is 11.2. The van der Waals surface area contributed by atoms with Gasteiger partial charge in [-0.05, 0) is 25.0 Å². The second-order valence-corrected chi connectivity index (χ2v) is 6.15. The van der Waals surface area contributed by atoms with Gasteiger partial charge in [0, 0.05) is 46.8 Å². The molecule has 1 heterocycles. The van der Waals surface area contributed by atoms with E-state index in [2.05, 4.69) is 53.7 Å². The van der Waals surface area contributed by atoms with Gasteiger partial charge in [-0.2, -0.15) is 0 Å². The molecule has 0 aromatic heterocycles. The number of benzene rings is 1. The molecule has 1 aromatic rings. The number of guanidine groups is 1. The van der Waals surface area contributed by atoms with Crippen LogP contribution in [-0.2, 0) is 9.47 Å². The molecule has 2 rings (SSSR count). The van der Waals surface area contributed by atoms with Crippen molar-refractivity contribution < 1.29 is 9.47 Å². The molecule has 0 aliphatic carbocycles. The Balaban J connectivity index is 0.00000288. The molecule has 6 heteroatoms. The molecule has 0 saturated carbocycles. The lowest BCUT2D eigenvalue weighted by atomic mass is 9.94. The van der Waals surface area contributed by atoms with E-state index < -0.39 is 0 Å². The number of rotatable bonds is 5. The molecule has 1 atom stereocenters. The third kappa shape index (κ3) is 5.60. The van der Waals surface area contributed by atoms with E-state index in [9.17, 15) is 0 Å². The van der Waals surface area contributed by atoms with Gasteiger partial charge in [-0.25, -0.2) is 0 Å². The average Bonchev–Trinajstić information content (AvgIpc) is 2.59. The third-order valence-electron chi connectivity index (χ3n) is 4.65. The molecule has 1 fully saturated rings. The van der Waals surface area contributed by atoms with Crippen LogP contribution in [0.2, 0.25) is 0 Å². The molecule has 5 nitrogen and oxygen atoms in total. The van der Waals surface area contributed by atoms with Gasteiger partial charge in [0.25, 0.3) is 0 Å². The Morgan fingerprint density at radius 3 is 2.58 bits per heavy atom. The van der Waals surface area contributed by atoms with E-state index in [1.165, 1.54) is 11.1 Å². The minimum atomic E-state index is -0.165. The summed E-state index contributed by atoms with van der Waals surface area (Å²) >= 11 is 0. The predicted octanol–water partition coefficient (Wildman–Crippen LogP) is 3.03. The SMILES string of the molecule is CN=C(NCC1(OC)CCOCC1)NC(C)c1ccccc1C.I. The molecule has 1 aliphatic rings. The number of methoxy groups -OCH3 is 1. The summed E-state index contributed by atoms with van der Waals surface area (Å²) in [4.78, 5) is 4.34. The van der Waals surface area contributed by atoms with Crippen molar-refractivity contribution in [2.75, 3.05) is 33.9 Å². The summed E-state index contributed by atoms with van der Waals surface area (Å²) in [5.41, 5.74) is 2.39. The van der Waals surface area contributed by atoms with E-state index in [0.717, 1.165) is 38.6 Å². The van der Waals surface area contributed by atoms with Crippen LogP contribution < -0.4 is 10.6 Å². The number of aliphatic imine (C=N–C) groups is 1. The van der Waals surface area contributed by atoms with Crippen molar-refractivity contribution in [2.45, 2.75) is 38.3 Å². The van der Waals surface area contributed by atoms with Crippen molar-refractivity contribution in [1.29, 1.82) is 0 Å². The second-order valence-electron chi connectivity index (χ2n) is 6.15. The molecule has 1 aromatic carbocycles. The number of ether oxygens (including phenoxy) is 2. The smallest absolute Gasteiger partial charge is 0.191 e. The maximum atomic E-state index is 5.76. The van der Waals surface area contributed by atoms with Crippen LogP contribution >= 0.6 is 24.0 Å². The molecule has 1 aliphatic heterocycles. The highest BCUT2D eigenvalue weighted by Crippen LogP contribution is 2.23. The van der Waals surface area contributed by atoms with Gasteiger partial charge in [-0.1, -0.05) is 24.3 Å². The van der Waals surface area contributed by atoms with Crippen LogP contribution in [0.3, 0.4) is 0 Å². The monoisotopic (exact) mass is 447 g/mol. The highest BCUT2D eigenvalue weighted by atomic mass is 127. The van der Waals surface area contributed by atoms with Gasteiger partial charge in [-0.15, -0.1) is 24.0 Å². The van der Waals surface area contributed by atoms with Crippen molar-refractivity contribution in [3.05, 3.63) is 35.4 Å². The maximum absolute atomic E-state index is 5.76. The summed E-state index contributed by atoms with van der Waals surface area (Å²) in [6.45, 7) is 6.51.